The highest BCUT2D eigenvalue weighted by Crippen LogP contribution is 2.42. The number of hydrogen-bond acceptors (Lipinski definition) is 3. The van der Waals surface area contributed by atoms with Crippen molar-refractivity contribution in [2.75, 3.05) is 6.61 Å². The van der Waals surface area contributed by atoms with Gasteiger partial charge in [-0.2, -0.15) is 0 Å². The van der Waals surface area contributed by atoms with Gasteiger partial charge in [0.1, 0.15) is 5.54 Å². The Kier molecular flexibility index (Phi) is 8.44. The summed E-state index contributed by atoms with van der Waals surface area (Å²) in [5.41, 5.74) is 7.40. The largest absolute Gasteiger partial charge is 0.466 e. The normalized spacial score (nSPS) is 13.1. The van der Waals surface area contributed by atoms with Crippen LogP contribution in [0, 0.1) is 19.3 Å². The van der Waals surface area contributed by atoms with Crippen LogP contribution in [-0.2, 0) is 27.9 Å². The first-order valence-electron chi connectivity index (χ1n) is 15.8. The van der Waals surface area contributed by atoms with Gasteiger partial charge in [-0.3, -0.25) is 4.79 Å². The van der Waals surface area contributed by atoms with Crippen molar-refractivity contribution in [2.24, 2.45) is 5.41 Å². The Bertz CT molecular complexity index is 1790. The monoisotopic (exact) mass is 595 g/mol. The van der Waals surface area contributed by atoms with E-state index in [4.69, 9.17) is 9.72 Å². The zero-order valence-electron chi connectivity index (χ0n) is 26.6. The zero-order valence-corrected chi connectivity index (χ0v) is 26.6. The molecule has 0 spiro atoms. The van der Waals surface area contributed by atoms with E-state index in [-0.39, 0.29) is 5.97 Å². The quantitative estimate of drug-likeness (QED) is 0.121. The van der Waals surface area contributed by atoms with Crippen molar-refractivity contribution in [3.63, 3.8) is 0 Å². The number of esters is 1. The first-order valence-corrected chi connectivity index (χ1v) is 15.8. The van der Waals surface area contributed by atoms with Crippen molar-refractivity contribution in [3.05, 3.63) is 161 Å². The number of aromatic nitrogens is 3. The van der Waals surface area contributed by atoms with Gasteiger partial charge in [0, 0.05) is 28.7 Å². The second-order valence-corrected chi connectivity index (χ2v) is 12.2. The van der Waals surface area contributed by atoms with Crippen LogP contribution in [-0.4, -0.2) is 27.1 Å². The molecule has 0 saturated carbocycles. The molecule has 1 N–H and O–H groups in total. The number of rotatable bonds is 11. The van der Waals surface area contributed by atoms with Crippen LogP contribution in [0.3, 0.4) is 0 Å². The highest BCUT2D eigenvalue weighted by atomic mass is 16.5. The van der Waals surface area contributed by atoms with Gasteiger partial charge >= 0.3 is 5.97 Å². The molecule has 1 atom stereocenters. The van der Waals surface area contributed by atoms with Crippen LogP contribution in [0.15, 0.2) is 122 Å². The Morgan fingerprint density at radius 2 is 1.33 bits per heavy atom. The van der Waals surface area contributed by atoms with E-state index in [0.717, 1.165) is 45.7 Å². The van der Waals surface area contributed by atoms with Crippen molar-refractivity contribution in [1.82, 2.24) is 14.5 Å². The fourth-order valence-electron chi connectivity index (χ4n) is 6.84. The fourth-order valence-corrected chi connectivity index (χ4v) is 6.84. The van der Waals surface area contributed by atoms with E-state index < -0.39 is 11.0 Å². The van der Waals surface area contributed by atoms with Gasteiger partial charge in [-0.25, -0.2) is 4.98 Å². The molecule has 2 heterocycles. The van der Waals surface area contributed by atoms with E-state index in [2.05, 4.69) is 133 Å². The maximum absolute atomic E-state index is 13.7. The van der Waals surface area contributed by atoms with Gasteiger partial charge in [0.15, 0.2) is 0 Å². The van der Waals surface area contributed by atoms with E-state index in [1.807, 2.05) is 26.2 Å². The molecular formula is C40H41N3O2. The van der Waals surface area contributed by atoms with Gasteiger partial charge in [0.2, 0.25) is 0 Å². The summed E-state index contributed by atoms with van der Waals surface area (Å²) < 4.78 is 7.98. The lowest BCUT2D eigenvalue weighted by Gasteiger charge is -2.38. The van der Waals surface area contributed by atoms with E-state index in [9.17, 15) is 4.79 Å². The minimum absolute atomic E-state index is 0.187. The van der Waals surface area contributed by atoms with E-state index >= 15 is 0 Å². The number of para-hydroxylation sites is 1. The fraction of sp³-hybridized carbons (Fsp3) is 0.250. The van der Waals surface area contributed by atoms with Crippen LogP contribution in [0.1, 0.15) is 59.6 Å². The molecule has 0 saturated heterocycles. The third-order valence-electron chi connectivity index (χ3n) is 9.37. The van der Waals surface area contributed by atoms with Crippen molar-refractivity contribution in [3.8, 4) is 0 Å². The molecule has 5 nitrogen and oxygen atoms in total. The Balaban J connectivity index is 1.44. The molecular weight excluding hydrogens is 554 g/mol. The van der Waals surface area contributed by atoms with Gasteiger partial charge in [-0.1, -0.05) is 109 Å². The summed E-state index contributed by atoms with van der Waals surface area (Å²) in [4.78, 5) is 22.3. The number of carbonyl (C=O) groups is 1. The Hall–Kier alpha value is -4.90. The second kappa shape index (κ2) is 12.6. The summed E-state index contributed by atoms with van der Waals surface area (Å²) in [6, 6.07) is 40.2. The molecule has 45 heavy (non-hydrogen) atoms. The third kappa shape index (κ3) is 5.48. The molecule has 2 aromatic heterocycles. The molecule has 0 aliphatic heterocycles. The lowest BCUT2D eigenvalue weighted by Crippen LogP contribution is -2.38. The molecule has 0 fully saturated rings. The highest BCUT2D eigenvalue weighted by molar-refractivity contribution is 5.84. The SMILES string of the molecule is CCOC(=O)C(C)(CCc1[nH]c2ccccc2c1C)Cc1ncn(C(c2ccccc2)(c2ccccc2)c2ccccc2)c1C. The van der Waals surface area contributed by atoms with Crippen LogP contribution >= 0.6 is 0 Å². The molecule has 6 aromatic rings. The minimum atomic E-state index is -0.765. The lowest BCUT2D eigenvalue weighted by molar-refractivity contribution is -0.154. The number of ether oxygens (including phenoxy) is 1. The molecule has 228 valence electrons. The topological polar surface area (TPSA) is 59.9 Å². The van der Waals surface area contributed by atoms with Crippen LogP contribution in [0.5, 0.6) is 0 Å². The van der Waals surface area contributed by atoms with Crippen molar-refractivity contribution in [1.29, 1.82) is 0 Å². The summed E-state index contributed by atoms with van der Waals surface area (Å²) in [7, 11) is 0. The van der Waals surface area contributed by atoms with Crippen LogP contribution in [0.4, 0.5) is 0 Å². The molecule has 1 unspecified atom stereocenters. The Morgan fingerprint density at radius 3 is 1.87 bits per heavy atom. The van der Waals surface area contributed by atoms with Gasteiger partial charge in [-0.05, 0) is 68.9 Å². The first kappa shape index (κ1) is 30.1. The van der Waals surface area contributed by atoms with Crippen molar-refractivity contribution >= 4 is 16.9 Å². The predicted octanol–water partition coefficient (Wildman–Crippen LogP) is 8.57. The number of hydrogen-bond donors (Lipinski definition) is 1. The summed E-state index contributed by atoms with van der Waals surface area (Å²) in [5, 5.41) is 1.22. The number of fused-ring (bicyclic) bond motifs is 1. The maximum Gasteiger partial charge on any atom is 0.312 e. The molecule has 0 radical (unpaired) electrons. The Morgan fingerprint density at radius 1 is 0.800 bits per heavy atom. The summed E-state index contributed by atoms with van der Waals surface area (Å²) >= 11 is 0. The van der Waals surface area contributed by atoms with Gasteiger partial charge < -0.3 is 14.3 Å². The first-order chi connectivity index (χ1) is 21.9. The third-order valence-corrected chi connectivity index (χ3v) is 9.37. The van der Waals surface area contributed by atoms with Gasteiger partial charge in [0.05, 0.1) is 24.0 Å². The lowest BCUT2D eigenvalue weighted by atomic mass is 9.76. The average Bonchev–Trinajstić information content (AvgIpc) is 3.60. The number of H-pyrrole nitrogens is 1. The number of imidazole rings is 1. The summed E-state index contributed by atoms with van der Waals surface area (Å²) in [5.74, 6) is -0.187. The smallest absolute Gasteiger partial charge is 0.312 e. The second-order valence-electron chi connectivity index (χ2n) is 12.2. The average molecular weight is 596 g/mol. The highest BCUT2D eigenvalue weighted by Gasteiger charge is 2.41. The standard InChI is InChI=1S/C40H41N3O2/c1-5-45-38(44)39(4,26-25-35-29(2)34-23-15-16-24-36(34)42-35)27-37-30(3)43(28-41-37)40(31-17-9-6-10-18-31,32-19-11-7-12-20-32)33-21-13-8-14-22-33/h6-24,28,42H,5,25-27H2,1-4H3. The van der Waals surface area contributed by atoms with Gasteiger partial charge in [-0.15, -0.1) is 0 Å². The number of aromatic amines is 1. The van der Waals surface area contributed by atoms with Crippen LogP contribution in [0.25, 0.3) is 10.9 Å². The molecule has 5 heteroatoms. The molecule has 0 amide bonds. The molecule has 0 bridgehead atoms. The van der Waals surface area contributed by atoms with Crippen LogP contribution in [0.2, 0.25) is 0 Å². The van der Waals surface area contributed by atoms with E-state index in [1.165, 1.54) is 10.9 Å². The Labute approximate surface area is 265 Å². The number of nitrogens with zero attached hydrogens (tertiary/aromatic N) is 2. The van der Waals surface area contributed by atoms with Crippen molar-refractivity contribution in [2.45, 2.75) is 52.5 Å². The summed E-state index contributed by atoms with van der Waals surface area (Å²) in [6.45, 7) is 8.51. The predicted molar refractivity (Wildman–Crippen MR) is 181 cm³/mol. The van der Waals surface area contributed by atoms with Crippen molar-refractivity contribution < 1.29 is 9.53 Å². The number of carbonyl (C=O) groups excluding carboxylic acids is 1. The van der Waals surface area contributed by atoms with E-state index in [1.54, 1.807) is 0 Å². The molecule has 6 rings (SSSR count). The number of aryl methyl sites for hydroxylation is 2. The number of nitrogens with one attached hydrogen (secondary N) is 1. The van der Waals surface area contributed by atoms with Gasteiger partial charge in [0.25, 0.3) is 0 Å². The zero-order chi connectivity index (χ0) is 31.4. The molecule has 0 aliphatic rings. The van der Waals surface area contributed by atoms with Crippen LogP contribution < -0.4 is 0 Å². The summed E-state index contributed by atoms with van der Waals surface area (Å²) in [6.07, 6.45) is 3.79. The maximum atomic E-state index is 13.7. The molecule has 0 aliphatic carbocycles. The number of benzene rings is 4. The minimum Gasteiger partial charge on any atom is -0.466 e. The van der Waals surface area contributed by atoms with E-state index in [0.29, 0.717) is 19.4 Å². The molecule has 4 aromatic carbocycles.